The zero-order valence-corrected chi connectivity index (χ0v) is 18.3. The van der Waals surface area contributed by atoms with Crippen molar-refractivity contribution in [1.82, 2.24) is 24.4 Å². The highest BCUT2D eigenvalue weighted by molar-refractivity contribution is 5.97. The van der Waals surface area contributed by atoms with Crippen LogP contribution in [0.3, 0.4) is 0 Å². The maximum absolute atomic E-state index is 13.1. The number of nitrogens with zero attached hydrogens (tertiary/aromatic N) is 6. The molecule has 0 aliphatic carbocycles. The number of piperazine rings is 1. The zero-order valence-electron chi connectivity index (χ0n) is 18.3. The van der Waals surface area contributed by atoms with Crippen molar-refractivity contribution in [2.45, 2.75) is 6.92 Å². The van der Waals surface area contributed by atoms with Crippen molar-refractivity contribution in [2.24, 2.45) is 0 Å². The molecule has 1 amide bonds. The molecule has 0 spiro atoms. The summed E-state index contributed by atoms with van der Waals surface area (Å²) in [6.07, 6.45) is 5.21. The van der Waals surface area contributed by atoms with E-state index in [4.69, 9.17) is 9.15 Å². The quantitative estimate of drug-likeness (QED) is 0.439. The van der Waals surface area contributed by atoms with Crippen LogP contribution in [-0.2, 0) is 0 Å². The summed E-state index contributed by atoms with van der Waals surface area (Å²) in [5.41, 5.74) is -0.320. The smallest absolute Gasteiger partial charge is 0.349 e. The Morgan fingerprint density at radius 2 is 1.88 bits per heavy atom. The van der Waals surface area contributed by atoms with Gasteiger partial charge in [-0.05, 0) is 19.1 Å². The van der Waals surface area contributed by atoms with Gasteiger partial charge in [-0.15, -0.1) is 0 Å². The van der Waals surface area contributed by atoms with Crippen molar-refractivity contribution in [3.63, 3.8) is 0 Å². The summed E-state index contributed by atoms with van der Waals surface area (Å²) in [5, 5.41) is 0.638. The molecular formula is C23H22N6O4. The molecule has 1 aliphatic heterocycles. The zero-order chi connectivity index (χ0) is 22.9. The number of ether oxygens (including phenoxy) is 1. The molecule has 0 N–H and O–H groups in total. The first kappa shape index (κ1) is 20.7. The number of benzene rings is 1. The molecule has 1 aliphatic rings. The topological polar surface area (TPSA) is 107 Å². The number of carbonyl (C=O) groups excluding carboxylic acids is 1. The van der Waals surface area contributed by atoms with E-state index in [1.165, 1.54) is 7.11 Å². The second-order valence-electron chi connectivity index (χ2n) is 7.71. The van der Waals surface area contributed by atoms with Crippen molar-refractivity contribution in [3.05, 3.63) is 70.9 Å². The van der Waals surface area contributed by atoms with E-state index >= 15 is 0 Å². The summed E-state index contributed by atoms with van der Waals surface area (Å²) < 4.78 is 12.5. The number of aryl methyl sites for hydroxylation is 1. The summed E-state index contributed by atoms with van der Waals surface area (Å²) >= 11 is 0. The number of para-hydroxylation sites is 1. The first-order chi connectivity index (χ1) is 16.0. The number of anilines is 1. The molecule has 0 saturated carbocycles. The van der Waals surface area contributed by atoms with Crippen molar-refractivity contribution in [3.8, 4) is 11.6 Å². The van der Waals surface area contributed by atoms with Gasteiger partial charge in [0.15, 0.2) is 11.3 Å². The molecular weight excluding hydrogens is 424 g/mol. The van der Waals surface area contributed by atoms with E-state index in [0.717, 1.165) is 11.6 Å². The van der Waals surface area contributed by atoms with Crippen LogP contribution in [0.2, 0.25) is 0 Å². The van der Waals surface area contributed by atoms with Crippen molar-refractivity contribution in [1.29, 1.82) is 0 Å². The SMILES string of the molecule is COc1cccc2cc(C(=O)N3CCN(c4cc(-n5ccnc5)nc(C)n4)CC3)c(=O)oc12. The van der Waals surface area contributed by atoms with Gasteiger partial charge in [-0.25, -0.2) is 19.7 Å². The second-order valence-corrected chi connectivity index (χ2v) is 7.71. The number of fused-ring (bicyclic) bond motifs is 1. The molecule has 0 atom stereocenters. The number of methoxy groups -OCH3 is 1. The van der Waals surface area contributed by atoms with Crippen molar-refractivity contribution >= 4 is 22.7 Å². The fourth-order valence-corrected chi connectivity index (χ4v) is 3.96. The fourth-order valence-electron chi connectivity index (χ4n) is 3.96. The number of carbonyl (C=O) groups is 1. The lowest BCUT2D eigenvalue weighted by Gasteiger charge is -2.35. The molecule has 168 valence electrons. The summed E-state index contributed by atoms with van der Waals surface area (Å²) in [5.74, 6) is 2.28. The van der Waals surface area contributed by atoms with Gasteiger partial charge in [-0.2, -0.15) is 0 Å². The van der Waals surface area contributed by atoms with Crippen LogP contribution in [0.1, 0.15) is 16.2 Å². The predicted octanol–water partition coefficient (Wildman–Crippen LogP) is 2.05. The number of hydrogen-bond acceptors (Lipinski definition) is 8. The molecule has 0 bridgehead atoms. The van der Waals surface area contributed by atoms with E-state index in [1.54, 1.807) is 41.7 Å². The van der Waals surface area contributed by atoms with Crippen molar-refractivity contribution < 1.29 is 13.9 Å². The van der Waals surface area contributed by atoms with E-state index in [0.29, 0.717) is 48.7 Å². The van der Waals surface area contributed by atoms with Crippen LogP contribution < -0.4 is 15.3 Å². The summed E-state index contributed by atoms with van der Waals surface area (Å²) in [4.78, 5) is 42.5. The van der Waals surface area contributed by atoms with Gasteiger partial charge >= 0.3 is 5.63 Å². The minimum Gasteiger partial charge on any atom is -0.493 e. The lowest BCUT2D eigenvalue weighted by atomic mass is 10.1. The van der Waals surface area contributed by atoms with E-state index in [2.05, 4.69) is 19.9 Å². The normalized spacial score (nSPS) is 14.0. The highest BCUT2D eigenvalue weighted by Crippen LogP contribution is 2.25. The van der Waals surface area contributed by atoms with E-state index in [-0.39, 0.29) is 11.5 Å². The Bertz CT molecular complexity index is 1370. The molecule has 10 heteroatoms. The Labute approximate surface area is 189 Å². The molecule has 1 saturated heterocycles. The van der Waals surface area contributed by atoms with Gasteiger partial charge in [0.05, 0.1) is 7.11 Å². The van der Waals surface area contributed by atoms with Gasteiger partial charge in [0, 0.05) is 50.0 Å². The van der Waals surface area contributed by atoms with Gasteiger partial charge in [0.25, 0.3) is 5.91 Å². The van der Waals surface area contributed by atoms with Crippen LogP contribution in [-0.4, -0.2) is 63.6 Å². The number of imidazole rings is 1. The third-order valence-corrected chi connectivity index (χ3v) is 5.64. The third kappa shape index (κ3) is 3.91. The van der Waals surface area contributed by atoms with E-state index < -0.39 is 5.63 Å². The monoisotopic (exact) mass is 446 g/mol. The van der Waals surface area contributed by atoms with Crippen LogP contribution in [0.25, 0.3) is 16.8 Å². The highest BCUT2D eigenvalue weighted by atomic mass is 16.5. The van der Waals surface area contributed by atoms with Crippen molar-refractivity contribution in [2.75, 3.05) is 38.2 Å². The molecule has 33 heavy (non-hydrogen) atoms. The summed E-state index contributed by atoms with van der Waals surface area (Å²) in [6, 6.07) is 8.75. The van der Waals surface area contributed by atoms with Gasteiger partial charge in [0.1, 0.15) is 29.4 Å². The molecule has 0 unspecified atom stereocenters. The Kier molecular flexibility index (Phi) is 5.25. The fraction of sp³-hybridized carbons (Fsp3) is 0.261. The number of hydrogen-bond donors (Lipinski definition) is 0. The van der Waals surface area contributed by atoms with Crippen LogP contribution >= 0.6 is 0 Å². The molecule has 3 aromatic heterocycles. The average Bonchev–Trinajstić information content (AvgIpc) is 3.38. The minimum absolute atomic E-state index is 0.0180. The average molecular weight is 446 g/mol. The van der Waals surface area contributed by atoms with Gasteiger partial charge in [-0.1, -0.05) is 12.1 Å². The molecule has 0 radical (unpaired) electrons. The first-order valence-electron chi connectivity index (χ1n) is 10.5. The Morgan fingerprint density at radius 1 is 1.09 bits per heavy atom. The van der Waals surface area contributed by atoms with Crippen LogP contribution in [0, 0.1) is 6.92 Å². The van der Waals surface area contributed by atoms with Gasteiger partial charge < -0.3 is 19.0 Å². The lowest BCUT2D eigenvalue weighted by molar-refractivity contribution is 0.0742. The molecule has 10 nitrogen and oxygen atoms in total. The Hall–Kier alpha value is -4.21. The molecule has 4 heterocycles. The third-order valence-electron chi connectivity index (χ3n) is 5.64. The number of rotatable bonds is 4. The van der Waals surface area contributed by atoms with Crippen LogP contribution in [0.15, 0.2) is 58.3 Å². The molecule has 1 aromatic carbocycles. The molecule has 5 rings (SSSR count). The molecule has 4 aromatic rings. The first-order valence-corrected chi connectivity index (χ1v) is 10.5. The predicted molar refractivity (Wildman–Crippen MR) is 121 cm³/mol. The summed E-state index contributed by atoms with van der Waals surface area (Å²) in [7, 11) is 1.50. The minimum atomic E-state index is -0.671. The largest absolute Gasteiger partial charge is 0.493 e. The van der Waals surface area contributed by atoms with E-state index in [1.807, 2.05) is 23.8 Å². The van der Waals surface area contributed by atoms with Crippen LogP contribution in [0.5, 0.6) is 5.75 Å². The number of amides is 1. The Balaban J connectivity index is 1.34. The van der Waals surface area contributed by atoms with Gasteiger partial charge in [-0.3, -0.25) is 9.36 Å². The summed E-state index contributed by atoms with van der Waals surface area (Å²) in [6.45, 7) is 3.92. The highest BCUT2D eigenvalue weighted by Gasteiger charge is 2.26. The number of aromatic nitrogens is 4. The van der Waals surface area contributed by atoms with E-state index in [9.17, 15) is 9.59 Å². The van der Waals surface area contributed by atoms with Gasteiger partial charge in [0.2, 0.25) is 0 Å². The Morgan fingerprint density at radius 3 is 2.61 bits per heavy atom. The van der Waals surface area contributed by atoms with Crippen LogP contribution in [0.4, 0.5) is 5.82 Å². The molecule has 1 fully saturated rings. The second kappa shape index (κ2) is 8.38. The lowest BCUT2D eigenvalue weighted by Crippen LogP contribution is -2.49. The maximum atomic E-state index is 13.1. The standard InChI is InChI=1S/C23H22N6O4/c1-15-25-19(13-20(26-15)29-7-6-24-14-29)27-8-10-28(11-9-27)22(30)17-12-16-4-3-5-18(32-2)21(16)33-23(17)31/h3-7,12-14H,8-11H2,1-2H3. The maximum Gasteiger partial charge on any atom is 0.349 e.